The highest BCUT2D eigenvalue weighted by molar-refractivity contribution is 7.80. The van der Waals surface area contributed by atoms with Crippen molar-refractivity contribution in [1.29, 1.82) is 0 Å². The third-order valence-electron chi connectivity index (χ3n) is 8.01. The number of hydrogen-bond donors (Lipinski definition) is 2. The molecule has 218 valence electrons. The maximum Gasteiger partial charge on any atom is 0.203 e. The van der Waals surface area contributed by atoms with E-state index in [1.54, 1.807) is 21.3 Å². The molecule has 2 unspecified atom stereocenters. The highest BCUT2D eigenvalue weighted by Gasteiger charge is 2.41. The van der Waals surface area contributed by atoms with Gasteiger partial charge in [0.1, 0.15) is 0 Å². The molecule has 0 fully saturated rings. The number of ether oxygens (including phenoxy) is 3. The lowest BCUT2D eigenvalue weighted by molar-refractivity contribution is -0.116. The molecule has 0 spiro atoms. The monoisotopic (exact) mass is 591 g/mol. The van der Waals surface area contributed by atoms with Crippen LogP contribution in [0.5, 0.6) is 17.2 Å². The standard InChI is InChI=1S/C35H33N3O4S/c1-40-30-20-24(21-31(41-2)34(30)42-3)33-32-27(18-23(19-29(32)39)22-12-6-4-7-13-22)37-26-16-10-11-17-28(26)38(33)35(43)36-25-14-8-5-9-15-25/h4-17,20-21,23,33,37H,18-19H2,1-3H3,(H,36,43). The molecule has 1 aliphatic carbocycles. The SMILES string of the molecule is COc1cc(C2C3=C(CC(c4ccccc4)CC3=O)Nc3ccccc3N2C(=S)Nc2ccccc2)cc(OC)c1OC. The zero-order chi connectivity index (χ0) is 29.9. The van der Waals surface area contributed by atoms with E-state index in [2.05, 4.69) is 22.8 Å². The van der Waals surface area contributed by atoms with E-state index < -0.39 is 6.04 Å². The van der Waals surface area contributed by atoms with Crippen molar-refractivity contribution >= 4 is 40.2 Å². The third kappa shape index (κ3) is 5.42. The van der Waals surface area contributed by atoms with Crippen LogP contribution < -0.4 is 29.7 Å². The zero-order valence-electron chi connectivity index (χ0n) is 24.3. The molecule has 43 heavy (non-hydrogen) atoms. The van der Waals surface area contributed by atoms with Crippen LogP contribution in [-0.4, -0.2) is 32.2 Å². The minimum Gasteiger partial charge on any atom is -0.493 e. The van der Waals surface area contributed by atoms with Crippen molar-refractivity contribution in [3.8, 4) is 17.2 Å². The predicted octanol–water partition coefficient (Wildman–Crippen LogP) is 7.48. The molecule has 0 saturated carbocycles. The average Bonchev–Trinajstić information content (AvgIpc) is 3.19. The second-order valence-electron chi connectivity index (χ2n) is 10.5. The zero-order valence-corrected chi connectivity index (χ0v) is 25.1. The Bertz CT molecular complexity index is 1670. The van der Waals surface area contributed by atoms with Crippen molar-refractivity contribution in [3.05, 3.63) is 119 Å². The smallest absolute Gasteiger partial charge is 0.203 e. The second kappa shape index (κ2) is 12.2. The van der Waals surface area contributed by atoms with E-state index >= 15 is 0 Å². The van der Waals surface area contributed by atoms with Crippen LogP contribution in [0.4, 0.5) is 17.1 Å². The normalized spacial score (nSPS) is 17.7. The number of fused-ring (bicyclic) bond motifs is 1. The summed E-state index contributed by atoms with van der Waals surface area (Å²) in [6.07, 6.45) is 1.06. The van der Waals surface area contributed by atoms with E-state index in [9.17, 15) is 4.79 Å². The molecule has 0 radical (unpaired) electrons. The Balaban J connectivity index is 1.58. The Morgan fingerprint density at radius 2 is 1.44 bits per heavy atom. The molecular weight excluding hydrogens is 558 g/mol. The number of allylic oxidation sites excluding steroid dienone is 1. The van der Waals surface area contributed by atoms with Gasteiger partial charge in [-0.3, -0.25) is 4.79 Å². The number of carbonyl (C=O) groups excluding carboxylic acids is 1. The number of nitrogens with one attached hydrogen (secondary N) is 2. The summed E-state index contributed by atoms with van der Waals surface area (Å²) in [7, 11) is 4.75. The lowest BCUT2D eigenvalue weighted by Crippen LogP contribution is -2.40. The quantitative estimate of drug-likeness (QED) is 0.224. The number of carbonyl (C=O) groups is 1. The first kappa shape index (κ1) is 28.3. The highest BCUT2D eigenvalue weighted by Crippen LogP contribution is 2.50. The Hall–Kier alpha value is -4.82. The summed E-state index contributed by atoms with van der Waals surface area (Å²) in [4.78, 5) is 16.4. The van der Waals surface area contributed by atoms with Crippen LogP contribution in [0.2, 0.25) is 0 Å². The van der Waals surface area contributed by atoms with Crippen LogP contribution in [0.15, 0.2) is 108 Å². The topological polar surface area (TPSA) is 72.1 Å². The summed E-state index contributed by atoms with van der Waals surface area (Å²) < 4.78 is 17.1. The van der Waals surface area contributed by atoms with Crippen LogP contribution in [0.1, 0.15) is 35.9 Å². The largest absolute Gasteiger partial charge is 0.493 e. The van der Waals surface area contributed by atoms with Crippen molar-refractivity contribution in [1.82, 2.24) is 0 Å². The number of para-hydroxylation sites is 3. The highest BCUT2D eigenvalue weighted by atomic mass is 32.1. The lowest BCUT2D eigenvalue weighted by atomic mass is 9.78. The summed E-state index contributed by atoms with van der Waals surface area (Å²) in [6, 6.07) is 31.2. The van der Waals surface area contributed by atoms with Gasteiger partial charge in [0.15, 0.2) is 22.4 Å². The maximum absolute atomic E-state index is 14.4. The van der Waals surface area contributed by atoms with Gasteiger partial charge < -0.3 is 29.7 Å². The summed E-state index contributed by atoms with van der Waals surface area (Å²) in [5.74, 6) is 1.58. The van der Waals surface area contributed by atoms with E-state index in [0.717, 1.165) is 33.9 Å². The molecule has 0 aromatic heterocycles. The summed E-state index contributed by atoms with van der Waals surface area (Å²) in [5, 5.41) is 7.53. The molecule has 2 N–H and O–H groups in total. The number of Topliss-reactive ketones (excluding diaryl/α,β-unsaturated/α-hetero) is 1. The first-order valence-corrected chi connectivity index (χ1v) is 14.6. The molecule has 4 aromatic rings. The van der Waals surface area contributed by atoms with Gasteiger partial charge >= 0.3 is 0 Å². The van der Waals surface area contributed by atoms with E-state index in [1.807, 2.05) is 89.8 Å². The first-order chi connectivity index (χ1) is 21.0. The summed E-state index contributed by atoms with van der Waals surface area (Å²) in [6.45, 7) is 0. The molecule has 1 heterocycles. The van der Waals surface area contributed by atoms with E-state index in [0.29, 0.717) is 40.8 Å². The summed E-state index contributed by atoms with van der Waals surface area (Å²) >= 11 is 6.14. The van der Waals surface area contributed by atoms with Crippen molar-refractivity contribution < 1.29 is 19.0 Å². The van der Waals surface area contributed by atoms with Crippen molar-refractivity contribution in [2.45, 2.75) is 24.8 Å². The average molecular weight is 592 g/mol. The molecule has 6 rings (SSSR count). The number of hydrogen-bond acceptors (Lipinski definition) is 6. The Morgan fingerprint density at radius 1 is 0.814 bits per heavy atom. The Labute approximate surface area is 257 Å². The Kier molecular flexibility index (Phi) is 8.03. The van der Waals surface area contributed by atoms with Crippen molar-refractivity contribution in [2.24, 2.45) is 0 Å². The van der Waals surface area contributed by atoms with E-state index in [-0.39, 0.29) is 11.7 Å². The number of rotatable bonds is 6. The van der Waals surface area contributed by atoms with Crippen LogP contribution >= 0.6 is 12.2 Å². The van der Waals surface area contributed by atoms with Crippen molar-refractivity contribution in [2.75, 3.05) is 36.9 Å². The second-order valence-corrected chi connectivity index (χ2v) is 10.9. The minimum absolute atomic E-state index is 0.0497. The number of nitrogens with zero attached hydrogens (tertiary/aromatic N) is 1. The van der Waals surface area contributed by atoms with Gasteiger partial charge in [-0.2, -0.15) is 0 Å². The van der Waals surface area contributed by atoms with Gasteiger partial charge in [0, 0.05) is 23.4 Å². The van der Waals surface area contributed by atoms with E-state index in [1.165, 1.54) is 0 Å². The molecule has 2 aliphatic rings. The first-order valence-electron chi connectivity index (χ1n) is 14.1. The van der Waals surface area contributed by atoms with E-state index in [4.69, 9.17) is 26.4 Å². The molecule has 8 heteroatoms. The number of methoxy groups -OCH3 is 3. The Morgan fingerprint density at radius 3 is 2.09 bits per heavy atom. The molecule has 2 atom stereocenters. The molecule has 1 aliphatic heterocycles. The van der Waals surface area contributed by atoms with Crippen LogP contribution in [0.3, 0.4) is 0 Å². The molecule has 4 aromatic carbocycles. The predicted molar refractivity (Wildman–Crippen MR) is 174 cm³/mol. The van der Waals surface area contributed by atoms with Gasteiger partial charge in [-0.25, -0.2) is 0 Å². The van der Waals surface area contributed by atoms with Gasteiger partial charge in [-0.05, 0) is 72.1 Å². The third-order valence-corrected chi connectivity index (χ3v) is 8.31. The van der Waals surface area contributed by atoms with Gasteiger partial charge in [0.05, 0.1) is 38.7 Å². The fraction of sp³-hybridized carbons (Fsp3) is 0.200. The number of benzene rings is 4. The number of thiocarbonyl (C=S) groups is 1. The molecule has 0 bridgehead atoms. The van der Waals surface area contributed by atoms with Crippen LogP contribution in [0.25, 0.3) is 0 Å². The van der Waals surface area contributed by atoms with Gasteiger partial charge in [0.2, 0.25) is 5.75 Å². The van der Waals surface area contributed by atoms with Crippen LogP contribution in [-0.2, 0) is 4.79 Å². The summed E-state index contributed by atoms with van der Waals surface area (Å²) in [5.41, 5.74) is 6.01. The van der Waals surface area contributed by atoms with Crippen LogP contribution in [0, 0.1) is 0 Å². The fourth-order valence-electron chi connectivity index (χ4n) is 6.05. The van der Waals surface area contributed by atoms with Crippen molar-refractivity contribution in [3.63, 3.8) is 0 Å². The maximum atomic E-state index is 14.4. The van der Waals surface area contributed by atoms with Gasteiger partial charge in [-0.15, -0.1) is 0 Å². The lowest BCUT2D eigenvalue weighted by Gasteiger charge is -2.37. The molecule has 0 saturated heterocycles. The van der Waals surface area contributed by atoms with Gasteiger partial charge in [-0.1, -0.05) is 60.7 Å². The molecular formula is C35H33N3O4S. The fourth-order valence-corrected chi connectivity index (χ4v) is 6.38. The number of ketones is 1. The minimum atomic E-state index is -0.590. The molecule has 7 nitrogen and oxygen atoms in total. The number of anilines is 3. The molecule has 0 amide bonds. The van der Waals surface area contributed by atoms with Gasteiger partial charge in [0.25, 0.3) is 0 Å².